The Labute approximate surface area is 132 Å². The van der Waals surface area contributed by atoms with Crippen molar-refractivity contribution in [3.8, 4) is 0 Å². The third-order valence-corrected chi connectivity index (χ3v) is 5.16. The smallest absolute Gasteiger partial charge is 0.0703 e. The maximum Gasteiger partial charge on any atom is 0.0703 e. The minimum atomic E-state index is 0.439. The van der Waals surface area contributed by atoms with Gasteiger partial charge in [0.15, 0.2) is 0 Å². The number of H-pyrrole nitrogens is 1. The summed E-state index contributed by atoms with van der Waals surface area (Å²) in [7, 11) is 0. The molecule has 0 saturated carbocycles. The number of nitrogens with zero attached hydrogens (tertiary/aromatic N) is 1. The highest BCUT2D eigenvalue weighted by atomic mass is 15.3. The second kappa shape index (κ2) is 6.03. The number of fused-ring (bicyclic) bond motifs is 4. The van der Waals surface area contributed by atoms with Crippen LogP contribution >= 0.6 is 0 Å². The topological polar surface area (TPSA) is 43.1 Å². The summed E-state index contributed by atoms with van der Waals surface area (Å²) in [6.07, 6.45) is 4.11. The highest BCUT2D eigenvalue weighted by molar-refractivity contribution is 5.84. The zero-order valence-electron chi connectivity index (χ0n) is 13.4. The van der Waals surface area contributed by atoms with Gasteiger partial charge in [0.05, 0.1) is 6.17 Å². The van der Waals surface area contributed by atoms with E-state index in [2.05, 4.69) is 51.7 Å². The van der Waals surface area contributed by atoms with Gasteiger partial charge < -0.3 is 10.3 Å². The first-order chi connectivity index (χ1) is 10.8. The molecule has 1 aromatic heterocycles. The molecule has 2 aliphatic rings. The van der Waals surface area contributed by atoms with Gasteiger partial charge in [-0.3, -0.25) is 10.2 Å². The Bertz CT molecular complexity index is 648. The molecule has 2 aliphatic heterocycles. The molecule has 0 bridgehead atoms. The lowest BCUT2D eigenvalue weighted by Gasteiger charge is -2.43. The van der Waals surface area contributed by atoms with Crippen molar-refractivity contribution in [3.63, 3.8) is 0 Å². The van der Waals surface area contributed by atoms with Crippen LogP contribution in [0.4, 0.5) is 0 Å². The van der Waals surface area contributed by atoms with Gasteiger partial charge in [-0.25, -0.2) is 0 Å². The normalized spacial score (nSPS) is 25.1. The van der Waals surface area contributed by atoms with Gasteiger partial charge in [-0.05, 0) is 31.0 Å². The monoisotopic (exact) mass is 298 g/mol. The number of piperazine rings is 1. The maximum atomic E-state index is 3.69. The fraction of sp³-hybridized carbons (Fsp3) is 0.556. The van der Waals surface area contributed by atoms with Gasteiger partial charge >= 0.3 is 0 Å². The summed E-state index contributed by atoms with van der Waals surface area (Å²) in [5, 5.41) is 8.75. The van der Waals surface area contributed by atoms with Crippen LogP contribution in [0.25, 0.3) is 10.9 Å². The van der Waals surface area contributed by atoms with Crippen molar-refractivity contribution in [2.24, 2.45) is 0 Å². The molecule has 3 heterocycles. The van der Waals surface area contributed by atoms with Crippen LogP contribution in [-0.2, 0) is 13.0 Å². The van der Waals surface area contributed by atoms with Crippen LogP contribution in [0.1, 0.15) is 31.0 Å². The van der Waals surface area contributed by atoms with Gasteiger partial charge in [0.1, 0.15) is 0 Å². The number of para-hydroxylation sites is 1. The van der Waals surface area contributed by atoms with Crippen LogP contribution in [0.15, 0.2) is 24.3 Å². The molecule has 4 rings (SSSR count). The molecule has 1 fully saturated rings. The summed E-state index contributed by atoms with van der Waals surface area (Å²) >= 11 is 0. The van der Waals surface area contributed by atoms with Crippen molar-refractivity contribution in [2.75, 3.05) is 19.6 Å². The first kappa shape index (κ1) is 14.2. The van der Waals surface area contributed by atoms with Crippen LogP contribution < -0.4 is 10.6 Å². The maximum absolute atomic E-state index is 3.69. The average Bonchev–Trinajstić information content (AvgIpc) is 2.90. The molecular formula is C18H26N4. The van der Waals surface area contributed by atoms with E-state index in [0.29, 0.717) is 12.2 Å². The van der Waals surface area contributed by atoms with E-state index in [-0.39, 0.29) is 0 Å². The summed E-state index contributed by atoms with van der Waals surface area (Å²) in [5.74, 6) is 0. The Balaban J connectivity index is 1.50. The van der Waals surface area contributed by atoms with Crippen molar-refractivity contribution < 1.29 is 0 Å². The summed E-state index contributed by atoms with van der Waals surface area (Å²) in [4.78, 5) is 6.27. The molecule has 4 nitrogen and oxygen atoms in total. The van der Waals surface area contributed by atoms with Crippen molar-refractivity contribution in [2.45, 2.75) is 44.9 Å². The highest BCUT2D eigenvalue weighted by Crippen LogP contribution is 2.30. The molecule has 22 heavy (non-hydrogen) atoms. The van der Waals surface area contributed by atoms with Crippen LogP contribution in [0.2, 0.25) is 0 Å². The second-order valence-electron chi connectivity index (χ2n) is 6.68. The average molecular weight is 298 g/mol. The molecule has 2 atom stereocenters. The third-order valence-electron chi connectivity index (χ3n) is 5.16. The Morgan fingerprint density at radius 2 is 2.23 bits per heavy atom. The molecule has 1 aromatic carbocycles. The van der Waals surface area contributed by atoms with Crippen molar-refractivity contribution >= 4 is 10.9 Å². The third kappa shape index (κ3) is 2.56. The van der Waals surface area contributed by atoms with Gasteiger partial charge in [-0.2, -0.15) is 0 Å². The number of nitrogens with one attached hydrogen (secondary N) is 3. The minimum Gasteiger partial charge on any atom is -0.357 e. The Hall–Kier alpha value is -1.36. The number of unbranched alkanes of at least 4 members (excludes halogenated alkanes) is 1. The summed E-state index contributed by atoms with van der Waals surface area (Å²) < 4.78 is 0. The highest BCUT2D eigenvalue weighted by Gasteiger charge is 2.33. The first-order valence-electron chi connectivity index (χ1n) is 8.64. The quantitative estimate of drug-likeness (QED) is 0.758. The lowest BCUT2D eigenvalue weighted by atomic mass is 9.95. The lowest BCUT2D eigenvalue weighted by Crippen LogP contribution is -2.62. The SMILES string of the molecule is CCCCN[C@@H]1CN2Cc3[nH]c4ccccc4c3C[C@H]2CN1. The summed E-state index contributed by atoms with van der Waals surface area (Å²) in [6, 6.07) is 9.35. The van der Waals surface area contributed by atoms with Crippen molar-refractivity contribution in [1.29, 1.82) is 0 Å². The molecule has 0 spiro atoms. The molecule has 4 heteroatoms. The van der Waals surface area contributed by atoms with Crippen molar-refractivity contribution in [3.05, 3.63) is 35.5 Å². The fourth-order valence-corrected chi connectivity index (χ4v) is 3.90. The molecular weight excluding hydrogens is 272 g/mol. The number of hydrogen-bond acceptors (Lipinski definition) is 3. The molecule has 0 unspecified atom stereocenters. The molecule has 1 saturated heterocycles. The number of rotatable bonds is 4. The molecule has 2 aromatic rings. The Kier molecular flexibility index (Phi) is 3.90. The van der Waals surface area contributed by atoms with E-state index in [0.717, 1.165) is 32.6 Å². The number of benzene rings is 1. The molecule has 0 amide bonds. The predicted octanol–water partition coefficient (Wildman–Crippen LogP) is 2.21. The van der Waals surface area contributed by atoms with Crippen LogP contribution in [0, 0.1) is 0 Å². The van der Waals surface area contributed by atoms with Crippen LogP contribution in [0.5, 0.6) is 0 Å². The van der Waals surface area contributed by atoms with Crippen molar-refractivity contribution in [1.82, 2.24) is 20.5 Å². The van der Waals surface area contributed by atoms with E-state index in [4.69, 9.17) is 0 Å². The van der Waals surface area contributed by atoms with Gasteiger partial charge in [0.25, 0.3) is 0 Å². The molecule has 3 N–H and O–H groups in total. The lowest BCUT2D eigenvalue weighted by molar-refractivity contribution is 0.0989. The minimum absolute atomic E-state index is 0.439. The molecule has 0 aliphatic carbocycles. The van der Waals surface area contributed by atoms with Crippen LogP contribution in [0.3, 0.4) is 0 Å². The van der Waals surface area contributed by atoms with Gasteiger partial charge in [0, 0.05) is 42.3 Å². The summed E-state index contributed by atoms with van der Waals surface area (Å²) in [6.45, 7) is 6.60. The van der Waals surface area contributed by atoms with Gasteiger partial charge in [-0.1, -0.05) is 31.5 Å². The predicted molar refractivity (Wildman–Crippen MR) is 90.9 cm³/mol. The van der Waals surface area contributed by atoms with Gasteiger partial charge in [-0.15, -0.1) is 0 Å². The van der Waals surface area contributed by atoms with E-state index in [1.165, 1.54) is 35.0 Å². The van der Waals surface area contributed by atoms with E-state index < -0.39 is 0 Å². The van der Waals surface area contributed by atoms with E-state index in [9.17, 15) is 0 Å². The number of aromatic nitrogens is 1. The Morgan fingerprint density at radius 1 is 1.32 bits per heavy atom. The number of hydrogen-bond donors (Lipinski definition) is 3. The number of aromatic amines is 1. The molecule has 118 valence electrons. The van der Waals surface area contributed by atoms with E-state index in [1.807, 2.05) is 0 Å². The Morgan fingerprint density at radius 3 is 3.14 bits per heavy atom. The first-order valence-corrected chi connectivity index (χ1v) is 8.64. The zero-order chi connectivity index (χ0) is 14.9. The second-order valence-corrected chi connectivity index (χ2v) is 6.68. The van der Waals surface area contributed by atoms with E-state index >= 15 is 0 Å². The largest absolute Gasteiger partial charge is 0.357 e. The standard InChI is InChI=1S/C18H26N4/c1-2-3-8-19-18-12-22-11-17-15(9-13(22)10-20-18)14-6-4-5-7-16(14)21-17/h4-7,13,18-21H,2-3,8-12H2,1H3/t13-,18-/m0/s1. The zero-order valence-corrected chi connectivity index (χ0v) is 13.4. The summed E-state index contributed by atoms with van der Waals surface area (Å²) in [5.41, 5.74) is 4.25. The van der Waals surface area contributed by atoms with E-state index in [1.54, 1.807) is 0 Å². The van der Waals surface area contributed by atoms with Crippen LogP contribution in [-0.4, -0.2) is 41.7 Å². The fourth-order valence-electron chi connectivity index (χ4n) is 3.90. The van der Waals surface area contributed by atoms with Gasteiger partial charge in [0.2, 0.25) is 0 Å². The molecule has 0 radical (unpaired) electrons.